The fourth-order valence-corrected chi connectivity index (χ4v) is 1.59. The lowest BCUT2D eigenvalue weighted by Crippen LogP contribution is -2.25. The van der Waals surface area contributed by atoms with Gasteiger partial charge in [-0.2, -0.15) is 0 Å². The Morgan fingerprint density at radius 2 is 2.00 bits per heavy atom. The van der Waals surface area contributed by atoms with E-state index in [9.17, 15) is 9.18 Å². The standard InChI is InChI=1S/C12H12FNO/c13-10-3-1-9(2-4-10)7-11-8-12(15)5-6-14-11/h1-4,7,14H,5-6,8H2/b11-7+. The predicted octanol–water partition coefficient (Wildman–Crippen LogP) is 2.12. The lowest BCUT2D eigenvalue weighted by molar-refractivity contribution is -0.119. The molecule has 0 unspecified atom stereocenters. The molecular weight excluding hydrogens is 193 g/mol. The summed E-state index contributed by atoms with van der Waals surface area (Å²) >= 11 is 0. The van der Waals surface area contributed by atoms with Crippen molar-refractivity contribution in [1.82, 2.24) is 5.32 Å². The molecule has 2 rings (SSSR count). The molecule has 0 atom stereocenters. The van der Waals surface area contributed by atoms with Crippen molar-refractivity contribution in [2.75, 3.05) is 6.54 Å². The van der Waals surface area contributed by atoms with E-state index in [0.29, 0.717) is 19.4 Å². The maximum atomic E-state index is 12.6. The van der Waals surface area contributed by atoms with Gasteiger partial charge in [0.15, 0.2) is 0 Å². The lowest BCUT2D eigenvalue weighted by atomic mass is 10.1. The molecule has 3 heteroatoms. The fraction of sp³-hybridized carbons (Fsp3) is 0.250. The van der Waals surface area contributed by atoms with Crippen molar-refractivity contribution in [2.24, 2.45) is 0 Å². The molecule has 0 amide bonds. The summed E-state index contributed by atoms with van der Waals surface area (Å²) in [6.45, 7) is 0.700. The molecule has 1 aromatic carbocycles. The maximum absolute atomic E-state index is 12.6. The summed E-state index contributed by atoms with van der Waals surface area (Å²) in [4.78, 5) is 11.2. The van der Waals surface area contributed by atoms with Crippen molar-refractivity contribution in [2.45, 2.75) is 12.8 Å². The van der Waals surface area contributed by atoms with Gasteiger partial charge in [0.2, 0.25) is 0 Å². The number of halogens is 1. The SMILES string of the molecule is O=C1CCN/C(=C/c2ccc(F)cc2)C1. The highest BCUT2D eigenvalue weighted by atomic mass is 19.1. The first-order chi connectivity index (χ1) is 7.24. The highest BCUT2D eigenvalue weighted by Gasteiger charge is 2.11. The van der Waals surface area contributed by atoms with Gasteiger partial charge in [0, 0.05) is 25.1 Å². The van der Waals surface area contributed by atoms with Gasteiger partial charge in [0.1, 0.15) is 11.6 Å². The van der Waals surface area contributed by atoms with Crippen LogP contribution in [0, 0.1) is 5.82 Å². The number of carbonyl (C=O) groups excluding carboxylic acids is 1. The first-order valence-electron chi connectivity index (χ1n) is 4.96. The van der Waals surface area contributed by atoms with Gasteiger partial charge in [-0.1, -0.05) is 12.1 Å². The number of Topliss-reactive ketones (excluding diaryl/α,β-unsaturated/α-hetero) is 1. The van der Waals surface area contributed by atoms with E-state index in [-0.39, 0.29) is 11.6 Å². The van der Waals surface area contributed by atoms with E-state index in [4.69, 9.17) is 0 Å². The van der Waals surface area contributed by atoms with Crippen LogP contribution < -0.4 is 5.32 Å². The van der Waals surface area contributed by atoms with E-state index in [2.05, 4.69) is 5.32 Å². The second-order valence-electron chi connectivity index (χ2n) is 3.61. The summed E-state index contributed by atoms with van der Waals surface area (Å²) in [6, 6.07) is 6.22. The lowest BCUT2D eigenvalue weighted by Gasteiger charge is -2.15. The Kier molecular flexibility index (Phi) is 2.81. The Bertz CT molecular complexity index is 395. The topological polar surface area (TPSA) is 29.1 Å². The third-order valence-corrected chi connectivity index (χ3v) is 2.35. The summed E-state index contributed by atoms with van der Waals surface area (Å²) in [6.07, 6.45) is 2.94. The maximum Gasteiger partial charge on any atom is 0.140 e. The Morgan fingerprint density at radius 3 is 2.67 bits per heavy atom. The van der Waals surface area contributed by atoms with Crippen LogP contribution in [0.4, 0.5) is 4.39 Å². The minimum Gasteiger partial charge on any atom is -0.388 e. The first-order valence-corrected chi connectivity index (χ1v) is 4.96. The van der Waals surface area contributed by atoms with Gasteiger partial charge in [-0.05, 0) is 23.8 Å². The number of rotatable bonds is 1. The number of ketones is 1. The zero-order valence-corrected chi connectivity index (χ0v) is 8.29. The second kappa shape index (κ2) is 4.26. The molecule has 0 aliphatic carbocycles. The molecule has 0 aromatic heterocycles. The van der Waals surface area contributed by atoms with Crippen LogP contribution in [-0.2, 0) is 4.79 Å². The molecule has 0 radical (unpaired) electrons. The molecule has 0 spiro atoms. The summed E-state index contributed by atoms with van der Waals surface area (Å²) in [5.41, 5.74) is 1.83. The van der Waals surface area contributed by atoms with Crippen LogP contribution in [-0.4, -0.2) is 12.3 Å². The normalized spacial score (nSPS) is 19.0. The highest BCUT2D eigenvalue weighted by molar-refractivity contribution is 5.83. The molecule has 2 nitrogen and oxygen atoms in total. The summed E-state index contributed by atoms with van der Waals surface area (Å²) in [5.74, 6) is 0.00643. The Morgan fingerprint density at radius 1 is 1.27 bits per heavy atom. The average molecular weight is 205 g/mol. The average Bonchev–Trinajstić information content (AvgIpc) is 2.22. The summed E-state index contributed by atoms with van der Waals surface area (Å²) < 4.78 is 12.6. The third-order valence-electron chi connectivity index (χ3n) is 2.35. The highest BCUT2D eigenvalue weighted by Crippen LogP contribution is 2.12. The van der Waals surface area contributed by atoms with Gasteiger partial charge >= 0.3 is 0 Å². The van der Waals surface area contributed by atoms with E-state index in [1.165, 1.54) is 12.1 Å². The van der Waals surface area contributed by atoms with Gasteiger partial charge < -0.3 is 5.32 Å². The van der Waals surface area contributed by atoms with Crippen molar-refractivity contribution >= 4 is 11.9 Å². The fourth-order valence-electron chi connectivity index (χ4n) is 1.59. The zero-order chi connectivity index (χ0) is 10.7. The van der Waals surface area contributed by atoms with Crippen LogP contribution in [0.15, 0.2) is 30.0 Å². The molecule has 1 saturated heterocycles. The van der Waals surface area contributed by atoms with Gasteiger partial charge in [0.05, 0.1) is 0 Å². The number of piperidine rings is 1. The van der Waals surface area contributed by atoms with Crippen LogP contribution in [0.5, 0.6) is 0 Å². The van der Waals surface area contributed by atoms with E-state index in [1.54, 1.807) is 12.1 Å². The van der Waals surface area contributed by atoms with Gasteiger partial charge in [-0.15, -0.1) is 0 Å². The van der Waals surface area contributed by atoms with Crippen molar-refractivity contribution in [3.05, 3.63) is 41.3 Å². The van der Waals surface area contributed by atoms with Gasteiger partial charge in [-0.25, -0.2) is 4.39 Å². The molecule has 1 aromatic rings. The van der Waals surface area contributed by atoms with E-state index >= 15 is 0 Å². The minimum absolute atomic E-state index is 0.246. The molecule has 0 bridgehead atoms. The quantitative estimate of drug-likeness (QED) is 0.760. The summed E-state index contributed by atoms with van der Waals surface area (Å²) in [5, 5.41) is 3.16. The molecule has 15 heavy (non-hydrogen) atoms. The van der Waals surface area contributed by atoms with Crippen LogP contribution in [0.1, 0.15) is 18.4 Å². The van der Waals surface area contributed by atoms with E-state index in [1.807, 2.05) is 6.08 Å². The van der Waals surface area contributed by atoms with Crippen molar-refractivity contribution < 1.29 is 9.18 Å². The monoisotopic (exact) mass is 205 g/mol. The molecule has 78 valence electrons. The second-order valence-corrected chi connectivity index (χ2v) is 3.61. The molecule has 1 fully saturated rings. The van der Waals surface area contributed by atoms with Gasteiger partial charge in [-0.3, -0.25) is 4.79 Å². The smallest absolute Gasteiger partial charge is 0.140 e. The molecular formula is C12H12FNO. The van der Waals surface area contributed by atoms with Crippen molar-refractivity contribution in [1.29, 1.82) is 0 Å². The Balaban J connectivity index is 2.15. The number of benzene rings is 1. The van der Waals surface area contributed by atoms with Crippen LogP contribution in [0.2, 0.25) is 0 Å². The Labute approximate surface area is 87.8 Å². The van der Waals surface area contributed by atoms with Crippen LogP contribution in [0.3, 0.4) is 0 Å². The molecule has 1 heterocycles. The zero-order valence-electron chi connectivity index (χ0n) is 8.29. The number of nitrogens with one attached hydrogen (secondary N) is 1. The molecule has 1 aliphatic heterocycles. The third kappa shape index (κ3) is 2.65. The van der Waals surface area contributed by atoms with Crippen LogP contribution in [0.25, 0.3) is 6.08 Å². The van der Waals surface area contributed by atoms with E-state index in [0.717, 1.165) is 11.3 Å². The van der Waals surface area contributed by atoms with Crippen molar-refractivity contribution in [3.8, 4) is 0 Å². The molecule has 0 saturated carbocycles. The van der Waals surface area contributed by atoms with Crippen LogP contribution >= 0.6 is 0 Å². The minimum atomic E-state index is -0.246. The van der Waals surface area contributed by atoms with Gasteiger partial charge in [0.25, 0.3) is 0 Å². The summed E-state index contributed by atoms with van der Waals surface area (Å²) in [7, 11) is 0. The van der Waals surface area contributed by atoms with E-state index < -0.39 is 0 Å². The molecule has 1 N–H and O–H groups in total. The number of hydrogen-bond donors (Lipinski definition) is 1. The number of allylic oxidation sites excluding steroid dienone is 1. The number of hydrogen-bond acceptors (Lipinski definition) is 2. The first kappa shape index (κ1) is 9.90. The number of carbonyl (C=O) groups is 1. The predicted molar refractivity (Wildman–Crippen MR) is 56.6 cm³/mol. The molecule has 1 aliphatic rings. The van der Waals surface area contributed by atoms with Crippen molar-refractivity contribution in [3.63, 3.8) is 0 Å². The largest absolute Gasteiger partial charge is 0.388 e. The Hall–Kier alpha value is -1.64.